The van der Waals surface area contributed by atoms with Gasteiger partial charge in [0, 0.05) is 24.8 Å². The lowest BCUT2D eigenvalue weighted by molar-refractivity contribution is -0.116. The second kappa shape index (κ2) is 6.21. The number of carbonyl (C=O) groups excluding carboxylic acids is 1. The summed E-state index contributed by atoms with van der Waals surface area (Å²) in [5.74, 6) is -1.16. The number of carboxylic acid groups (broad SMARTS) is 1. The average molecular weight is 287 g/mol. The normalized spacial score (nSPS) is 10.4. The maximum atomic E-state index is 11.9. The minimum absolute atomic E-state index is 0.115. The zero-order chi connectivity index (χ0) is 15.4. The molecule has 110 valence electrons. The molecule has 0 saturated heterocycles. The van der Waals surface area contributed by atoms with Crippen LogP contribution in [0, 0.1) is 13.8 Å². The van der Waals surface area contributed by atoms with Crippen molar-refractivity contribution in [1.82, 2.24) is 9.78 Å². The Balaban J connectivity index is 1.89. The average Bonchev–Trinajstić information content (AvgIpc) is 2.90. The zero-order valence-electron chi connectivity index (χ0n) is 12.0. The molecule has 2 aromatic rings. The number of aryl methyl sites for hydroxylation is 3. The quantitative estimate of drug-likeness (QED) is 0.883. The number of anilines is 1. The summed E-state index contributed by atoms with van der Waals surface area (Å²) in [6.07, 6.45) is 2.91. The van der Waals surface area contributed by atoms with Crippen molar-refractivity contribution >= 4 is 17.6 Å². The van der Waals surface area contributed by atoms with E-state index < -0.39 is 5.97 Å². The number of hydrogen-bond donors (Lipinski definition) is 2. The highest BCUT2D eigenvalue weighted by molar-refractivity contribution is 5.90. The van der Waals surface area contributed by atoms with Crippen molar-refractivity contribution in [3.8, 4) is 0 Å². The van der Waals surface area contributed by atoms with Crippen LogP contribution in [0.3, 0.4) is 0 Å². The van der Waals surface area contributed by atoms with Crippen LogP contribution < -0.4 is 5.32 Å². The number of nitrogens with zero attached hydrogens (tertiary/aromatic N) is 2. The number of aromatic nitrogens is 2. The van der Waals surface area contributed by atoms with Gasteiger partial charge in [0.05, 0.1) is 11.8 Å². The molecule has 6 nitrogen and oxygen atoms in total. The fourth-order valence-corrected chi connectivity index (χ4v) is 1.86. The van der Waals surface area contributed by atoms with Gasteiger partial charge >= 0.3 is 5.97 Å². The molecular formula is C15H17N3O3. The van der Waals surface area contributed by atoms with Gasteiger partial charge in [-0.2, -0.15) is 5.10 Å². The Labute approximate surface area is 122 Å². The minimum Gasteiger partial charge on any atom is -0.478 e. The third kappa shape index (κ3) is 3.92. The molecule has 21 heavy (non-hydrogen) atoms. The molecule has 0 atom stereocenters. The minimum atomic E-state index is -1.03. The van der Waals surface area contributed by atoms with Crippen molar-refractivity contribution in [1.29, 1.82) is 0 Å². The molecule has 0 aliphatic heterocycles. The van der Waals surface area contributed by atoms with Crippen LogP contribution >= 0.6 is 0 Å². The van der Waals surface area contributed by atoms with E-state index in [0.29, 0.717) is 6.54 Å². The van der Waals surface area contributed by atoms with E-state index in [2.05, 4.69) is 10.4 Å². The third-order valence-electron chi connectivity index (χ3n) is 3.24. The Morgan fingerprint density at radius 1 is 1.29 bits per heavy atom. The van der Waals surface area contributed by atoms with E-state index in [1.807, 2.05) is 32.0 Å². The summed E-state index contributed by atoms with van der Waals surface area (Å²) in [4.78, 5) is 22.6. The molecule has 1 amide bonds. The van der Waals surface area contributed by atoms with Gasteiger partial charge in [-0.25, -0.2) is 4.79 Å². The molecule has 0 aliphatic rings. The lowest BCUT2D eigenvalue weighted by atomic mass is 10.1. The third-order valence-corrected chi connectivity index (χ3v) is 3.24. The van der Waals surface area contributed by atoms with Crippen molar-refractivity contribution in [3.05, 3.63) is 47.3 Å². The van der Waals surface area contributed by atoms with E-state index in [9.17, 15) is 9.59 Å². The number of benzene rings is 1. The lowest BCUT2D eigenvalue weighted by Crippen LogP contribution is -2.14. The summed E-state index contributed by atoms with van der Waals surface area (Å²) in [6.45, 7) is 4.34. The van der Waals surface area contributed by atoms with Gasteiger partial charge in [-0.1, -0.05) is 6.07 Å². The summed E-state index contributed by atoms with van der Waals surface area (Å²) in [7, 11) is 0. The molecule has 0 bridgehead atoms. The van der Waals surface area contributed by atoms with Crippen LogP contribution in [-0.4, -0.2) is 26.8 Å². The van der Waals surface area contributed by atoms with Gasteiger partial charge < -0.3 is 10.4 Å². The number of amides is 1. The highest BCUT2D eigenvalue weighted by Crippen LogP contribution is 2.14. The molecule has 0 fully saturated rings. The van der Waals surface area contributed by atoms with Gasteiger partial charge in [-0.15, -0.1) is 0 Å². The van der Waals surface area contributed by atoms with E-state index in [4.69, 9.17) is 5.11 Å². The summed E-state index contributed by atoms with van der Waals surface area (Å²) in [5.41, 5.74) is 3.16. The predicted octanol–water partition coefficient (Wildman–Crippen LogP) is 2.23. The van der Waals surface area contributed by atoms with Crippen LogP contribution in [0.1, 0.15) is 27.9 Å². The standard InChI is InChI=1S/C15H17N3O3/c1-10-3-4-13(7-11(10)2)17-14(19)5-6-18-9-12(8-16-18)15(20)21/h3-4,7-9H,5-6H2,1-2H3,(H,17,19)(H,20,21). The van der Waals surface area contributed by atoms with Gasteiger partial charge in [0.25, 0.3) is 0 Å². The first-order chi connectivity index (χ1) is 9.95. The summed E-state index contributed by atoms with van der Waals surface area (Å²) < 4.78 is 1.45. The number of nitrogens with one attached hydrogen (secondary N) is 1. The SMILES string of the molecule is Cc1ccc(NC(=O)CCn2cc(C(=O)O)cn2)cc1C. The maximum Gasteiger partial charge on any atom is 0.338 e. The summed E-state index contributed by atoms with van der Waals surface area (Å²) in [6, 6.07) is 5.73. The number of rotatable bonds is 5. The first kappa shape index (κ1) is 14.8. The lowest BCUT2D eigenvalue weighted by Gasteiger charge is -2.07. The van der Waals surface area contributed by atoms with Crippen molar-refractivity contribution in [2.24, 2.45) is 0 Å². The Morgan fingerprint density at radius 3 is 2.67 bits per heavy atom. The Hall–Kier alpha value is -2.63. The van der Waals surface area contributed by atoms with Crippen molar-refractivity contribution < 1.29 is 14.7 Å². The highest BCUT2D eigenvalue weighted by Gasteiger charge is 2.08. The molecule has 0 saturated carbocycles. The number of carbonyl (C=O) groups is 2. The number of hydrogen-bond acceptors (Lipinski definition) is 3. The van der Waals surface area contributed by atoms with Crippen LogP contribution in [-0.2, 0) is 11.3 Å². The molecule has 1 heterocycles. The number of carboxylic acids is 1. The second-order valence-corrected chi connectivity index (χ2v) is 4.89. The van der Waals surface area contributed by atoms with E-state index in [-0.39, 0.29) is 17.9 Å². The van der Waals surface area contributed by atoms with Gasteiger partial charge in [0.2, 0.25) is 5.91 Å². The predicted molar refractivity (Wildman–Crippen MR) is 78.3 cm³/mol. The fourth-order valence-electron chi connectivity index (χ4n) is 1.86. The topological polar surface area (TPSA) is 84.2 Å². The molecule has 1 aromatic heterocycles. The summed E-state index contributed by atoms with van der Waals surface area (Å²) in [5, 5.41) is 15.5. The van der Waals surface area contributed by atoms with Crippen molar-refractivity contribution in [3.63, 3.8) is 0 Å². The van der Waals surface area contributed by atoms with Crippen LogP contribution in [0.2, 0.25) is 0 Å². The fraction of sp³-hybridized carbons (Fsp3) is 0.267. The van der Waals surface area contributed by atoms with Crippen LogP contribution in [0.4, 0.5) is 5.69 Å². The number of aromatic carboxylic acids is 1. The Morgan fingerprint density at radius 2 is 2.05 bits per heavy atom. The van der Waals surface area contributed by atoms with Crippen molar-refractivity contribution in [2.45, 2.75) is 26.8 Å². The second-order valence-electron chi connectivity index (χ2n) is 4.89. The first-order valence-corrected chi connectivity index (χ1v) is 6.58. The van der Waals surface area contributed by atoms with Crippen LogP contribution in [0.15, 0.2) is 30.6 Å². The van der Waals surface area contributed by atoms with Crippen LogP contribution in [0.25, 0.3) is 0 Å². The molecule has 2 rings (SSSR count). The van der Waals surface area contributed by atoms with Gasteiger partial charge in [0.1, 0.15) is 0 Å². The molecule has 0 spiro atoms. The summed E-state index contributed by atoms with van der Waals surface area (Å²) >= 11 is 0. The Bertz CT molecular complexity index is 677. The molecule has 0 radical (unpaired) electrons. The van der Waals surface area contributed by atoms with E-state index >= 15 is 0 Å². The maximum absolute atomic E-state index is 11.9. The molecule has 2 N–H and O–H groups in total. The van der Waals surface area contributed by atoms with E-state index in [1.54, 1.807) is 0 Å². The largest absolute Gasteiger partial charge is 0.478 e. The first-order valence-electron chi connectivity index (χ1n) is 6.58. The van der Waals surface area contributed by atoms with Gasteiger partial charge in [-0.3, -0.25) is 9.48 Å². The zero-order valence-corrected chi connectivity index (χ0v) is 12.0. The monoisotopic (exact) mass is 287 g/mol. The molecule has 0 aliphatic carbocycles. The smallest absolute Gasteiger partial charge is 0.338 e. The molecule has 1 aromatic carbocycles. The highest BCUT2D eigenvalue weighted by atomic mass is 16.4. The van der Waals surface area contributed by atoms with Crippen molar-refractivity contribution in [2.75, 3.05) is 5.32 Å². The molecule has 6 heteroatoms. The molecular weight excluding hydrogens is 270 g/mol. The van der Waals surface area contributed by atoms with Crippen LogP contribution in [0.5, 0.6) is 0 Å². The van der Waals surface area contributed by atoms with Gasteiger partial charge in [0.15, 0.2) is 0 Å². The van der Waals surface area contributed by atoms with Gasteiger partial charge in [-0.05, 0) is 37.1 Å². The Kier molecular flexibility index (Phi) is 4.37. The van der Waals surface area contributed by atoms with E-state index in [0.717, 1.165) is 11.3 Å². The van der Waals surface area contributed by atoms with E-state index in [1.165, 1.54) is 22.6 Å². The molecule has 0 unspecified atom stereocenters.